The average Bonchev–Trinajstić information content (AvgIpc) is 3.26. The zero-order chi connectivity index (χ0) is 19.7. The second-order valence-electron chi connectivity index (χ2n) is 5.76. The third-order valence-corrected chi connectivity index (χ3v) is 6.21. The lowest BCUT2D eigenvalue weighted by atomic mass is 10.2. The van der Waals surface area contributed by atoms with Crippen molar-refractivity contribution in [2.45, 2.75) is 0 Å². The zero-order valence-electron chi connectivity index (χ0n) is 14.1. The molecule has 0 saturated carbocycles. The Morgan fingerprint density at radius 2 is 1.93 bits per heavy atom. The summed E-state index contributed by atoms with van der Waals surface area (Å²) in [6.07, 6.45) is 1.68. The summed E-state index contributed by atoms with van der Waals surface area (Å²) in [4.78, 5) is 17.3. The molecule has 3 aromatic rings. The Hall–Kier alpha value is -1.74. The second kappa shape index (κ2) is 8.32. The highest BCUT2D eigenvalue weighted by Gasteiger charge is 2.24. The van der Waals surface area contributed by atoms with Crippen LogP contribution in [0, 0.1) is 3.57 Å². The number of rotatable bonds is 3. The Morgan fingerprint density at radius 1 is 1.11 bits per heavy atom. The van der Waals surface area contributed by atoms with Crippen molar-refractivity contribution in [3.63, 3.8) is 0 Å². The van der Waals surface area contributed by atoms with Crippen molar-refractivity contribution < 1.29 is 9.21 Å². The molecule has 28 heavy (non-hydrogen) atoms. The predicted octanol–water partition coefficient (Wildman–Crippen LogP) is 6.75. The molecule has 2 aromatic carbocycles. The van der Waals surface area contributed by atoms with Crippen molar-refractivity contribution >= 4 is 80.4 Å². The van der Waals surface area contributed by atoms with Gasteiger partial charge in [-0.3, -0.25) is 4.79 Å². The van der Waals surface area contributed by atoms with Crippen molar-refractivity contribution in [3.8, 4) is 11.3 Å². The first-order valence-corrected chi connectivity index (χ1v) is 10.7. The summed E-state index contributed by atoms with van der Waals surface area (Å²) < 4.78 is 6.84. The number of hydrogen-bond acceptors (Lipinski definition) is 4. The van der Waals surface area contributed by atoms with Crippen molar-refractivity contribution in [2.24, 2.45) is 4.99 Å². The molecule has 4 rings (SSSR count). The SMILES string of the molecule is O=C1NC(=Nc2ccccc2I)S/C1=C/c1ccc(-c2cc(Cl)ccc2Cl)o1. The van der Waals surface area contributed by atoms with E-state index in [9.17, 15) is 4.79 Å². The van der Waals surface area contributed by atoms with Crippen LogP contribution in [0.4, 0.5) is 5.69 Å². The predicted molar refractivity (Wildman–Crippen MR) is 124 cm³/mol. The molecule has 140 valence electrons. The second-order valence-corrected chi connectivity index (χ2v) is 8.80. The molecule has 0 spiro atoms. The number of halogens is 3. The molecular weight excluding hydrogens is 530 g/mol. The summed E-state index contributed by atoms with van der Waals surface area (Å²) in [5.41, 5.74) is 1.51. The molecule has 4 nitrogen and oxygen atoms in total. The highest BCUT2D eigenvalue weighted by molar-refractivity contribution is 14.1. The molecule has 1 fully saturated rings. The fourth-order valence-corrected chi connectivity index (χ4v) is 4.23. The maximum Gasteiger partial charge on any atom is 0.264 e. The number of nitrogens with zero attached hydrogens (tertiary/aromatic N) is 1. The number of carbonyl (C=O) groups is 1. The number of amides is 1. The highest BCUT2D eigenvalue weighted by atomic mass is 127. The van der Waals surface area contributed by atoms with E-state index >= 15 is 0 Å². The van der Waals surface area contributed by atoms with E-state index in [-0.39, 0.29) is 5.91 Å². The van der Waals surface area contributed by atoms with Crippen LogP contribution in [0.2, 0.25) is 10.0 Å². The van der Waals surface area contributed by atoms with E-state index in [0.717, 1.165) is 9.26 Å². The van der Waals surface area contributed by atoms with E-state index in [0.29, 0.717) is 37.2 Å². The number of furan rings is 1. The van der Waals surface area contributed by atoms with Crippen molar-refractivity contribution in [2.75, 3.05) is 0 Å². The number of aliphatic imine (C=N–C) groups is 1. The van der Waals surface area contributed by atoms with Crippen LogP contribution >= 0.6 is 57.6 Å². The lowest BCUT2D eigenvalue weighted by Gasteiger charge is -2.01. The lowest BCUT2D eigenvalue weighted by Crippen LogP contribution is -2.19. The normalized spacial score (nSPS) is 16.8. The molecule has 1 aliphatic heterocycles. The number of hydrogen-bond donors (Lipinski definition) is 1. The molecule has 1 aliphatic rings. The lowest BCUT2D eigenvalue weighted by molar-refractivity contribution is -0.115. The summed E-state index contributed by atoms with van der Waals surface area (Å²) in [5, 5.41) is 4.42. The van der Waals surface area contributed by atoms with Crippen molar-refractivity contribution in [3.05, 3.63) is 78.9 Å². The summed E-state index contributed by atoms with van der Waals surface area (Å²) in [6.45, 7) is 0. The molecule has 0 radical (unpaired) electrons. The van der Waals surface area contributed by atoms with Gasteiger partial charge in [0.1, 0.15) is 11.5 Å². The van der Waals surface area contributed by atoms with Crippen LogP contribution in [-0.4, -0.2) is 11.1 Å². The molecule has 1 amide bonds. The fourth-order valence-electron chi connectivity index (χ4n) is 2.52. The number of thioether (sulfide) groups is 1. The molecule has 0 atom stereocenters. The first-order chi connectivity index (χ1) is 13.5. The first kappa shape index (κ1) is 19.6. The number of carbonyl (C=O) groups excluding carboxylic acids is 1. The molecule has 0 unspecified atom stereocenters. The number of nitrogens with one attached hydrogen (secondary N) is 1. The van der Waals surface area contributed by atoms with E-state index in [2.05, 4.69) is 32.9 Å². The largest absolute Gasteiger partial charge is 0.457 e. The van der Waals surface area contributed by atoms with Crippen LogP contribution in [0.25, 0.3) is 17.4 Å². The van der Waals surface area contributed by atoms with Gasteiger partial charge in [0.2, 0.25) is 0 Å². The minimum Gasteiger partial charge on any atom is -0.457 e. The standard InChI is InChI=1S/C20H11Cl2IN2O2S/c21-11-5-7-14(22)13(9-11)17-8-6-12(27-17)10-18-19(26)25-20(28-18)24-16-4-2-1-3-15(16)23/h1-10H,(H,24,25,26)/b18-10+. The minimum atomic E-state index is -0.214. The molecule has 0 aliphatic carbocycles. The van der Waals surface area contributed by atoms with E-state index in [1.807, 2.05) is 24.3 Å². The van der Waals surface area contributed by atoms with Crippen molar-refractivity contribution in [1.82, 2.24) is 5.32 Å². The highest BCUT2D eigenvalue weighted by Crippen LogP contribution is 2.34. The van der Waals surface area contributed by atoms with Gasteiger partial charge in [0.25, 0.3) is 5.91 Å². The third-order valence-electron chi connectivity index (χ3n) is 3.82. The van der Waals surface area contributed by atoms with Gasteiger partial charge in [0, 0.05) is 20.2 Å². The van der Waals surface area contributed by atoms with E-state index in [4.69, 9.17) is 27.6 Å². The molecule has 1 N–H and O–H groups in total. The van der Waals surface area contributed by atoms with Crippen molar-refractivity contribution in [1.29, 1.82) is 0 Å². The molecule has 8 heteroatoms. The van der Waals surface area contributed by atoms with E-state index < -0.39 is 0 Å². The molecule has 0 bridgehead atoms. The van der Waals surface area contributed by atoms with Crippen LogP contribution in [0.3, 0.4) is 0 Å². The Balaban J connectivity index is 1.58. The molecule has 1 saturated heterocycles. The van der Waals surface area contributed by atoms with Gasteiger partial charge in [0.05, 0.1) is 15.6 Å². The summed E-state index contributed by atoms with van der Waals surface area (Å²) in [6, 6.07) is 16.5. The van der Waals surface area contributed by atoms with E-state index in [1.54, 1.807) is 36.4 Å². The fraction of sp³-hybridized carbons (Fsp3) is 0. The smallest absolute Gasteiger partial charge is 0.264 e. The number of para-hydroxylation sites is 1. The summed E-state index contributed by atoms with van der Waals surface area (Å²) in [5.74, 6) is 0.906. The quantitative estimate of drug-likeness (QED) is 0.295. The maximum absolute atomic E-state index is 12.3. The average molecular weight is 541 g/mol. The van der Waals surface area contributed by atoms with Gasteiger partial charge in [-0.05, 0) is 76.8 Å². The van der Waals surface area contributed by atoms with Gasteiger partial charge in [-0.25, -0.2) is 4.99 Å². The molecular formula is C20H11Cl2IN2O2S. The zero-order valence-corrected chi connectivity index (χ0v) is 18.6. The Kier molecular flexibility index (Phi) is 5.82. The van der Waals surface area contributed by atoms with E-state index in [1.165, 1.54) is 11.8 Å². The van der Waals surface area contributed by atoms with Crippen LogP contribution in [0.1, 0.15) is 5.76 Å². The third kappa shape index (κ3) is 4.30. The number of amidine groups is 1. The molecule has 1 aromatic heterocycles. The Bertz CT molecular complexity index is 1140. The first-order valence-electron chi connectivity index (χ1n) is 8.09. The monoisotopic (exact) mass is 540 g/mol. The minimum absolute atomic E-state index is 0.214. The Morgan fingerprint density at radius 3 is 2.75 bits per heavy atom. The van der Waals surface area contributed by atoms with Crippen LogP contribution in [0.5, 0.6) is 0 Å². The van der Waals surface area contributed by atoms with Gasteiger partial charge in [-0.15, -0.1) is 0 Å². The van der Waals surface area contributed by atoms with Gasteiger partial charge in [0.15, 0.2) is 5.17 Å². The number of benzene rings is 2. The Labute approximate surface area is 189 Å². The molecule has 2 heterocycles. The summed E-state index contributed by atoms with van der Waals surface area (Å²) in [7, 11) is 0. The van der Waals surface area contributed by atoms with Crippen LogP contribution in [0.15, 0.2) is 68.9 Å². The van der Waals surface area contributed by atoms with Gasteiger partial charge in [-0.2, -0.15) is 0 Å². The van der Waals surface area contributed by atoms with Gasteiger partial charge < -0.3 is 9.73 Å². The summed E-state index contributed by atoms with van der Waals surface area (Å²) >= 11 is 15.7. The topological polar surface area (TPSA) is 54.6 Å². The van der Waals surface area contributed by atoms with Gasteiger partial charge >= 0.3 is 0 Å². The van der Waals surface area contributed by atoms with Crippen LogP contribution in [-0.2, 0) is 4.79 Å². The van der Waals surface area contributed by atoms with Gasteiger partial charge in [-0.1, -0.05) is 35.3 Å². The maximum atomic E-state index is 12.3. The van der Waals surface area contributed by atoms with Crippen LogP contribution < -0.4 is 5.32 Å².